The first kappa shape index (κ1) is 14.0. The Morgan fingerprint density at radius 2 is 2.05 bits per heavy atom. The summed E-state index contributed by atoms with van der Waals surface area (Å²) in [4.78, 5) is 12.9. The first-order valence-electron chi connectivity index (χ1n) is 6.70. The summed E-state index contributed by atoms with van der Waals surface area (Å²) in [5.41, 5.74) is 0.961. The second-order valence-corrected chi connectivity index (χ2v) is 5.24. The zero-order chi connectivity index (χ0) is 13.8. The van der Waals surface area contributed by atoms with Gasteiger partial charge in [-0.05, 0) is 38.8 Å². The minimum absolute atomic E-state index is 0.195. The molecule has 1 aromatic rings. The van der Waals surface area contributed by atoms with Crippen molar-refractivity contribution in [1.29, 1.82) is 0 Å². The van der Waals surface area contributed by atoms with E-state index < -0.39 is 0 Å². The zero-order valence-corrected chi connectivity index (χ0v) is 11.2. The molecule has 0 spiro atoms. The number of benzene rings is 1. The molecule has 5 nitrogen and oxygen atoms in total. The summed E-state index contributed by atoms with van der Waals surface area (Å²) < 4.78 is 0. The van der Waals surface area contributed by atoms with E-state index in [9.17, 15) is 15.2 Å². The molecule has 0 aromatic heterocycles. The molecule has 0 saturated carbocycles. The van der Waals surface area contributed by atoms with E-state index >= 15 is 0 Å². The smallest absolute Gasteiger partial charge is 0.273 e. The molecule has 1 aromatic carbocycles. The molecule has 0 amide bonds. The lowest BCUT2D eigenvalue weighted by Gasteiger charge is -2.33. The van der Waals surface area contributed by atoms with Crippen LogP contribution in [0.25, 0.3) is 0 Å². The number of nitro groups is 1. The van der Waals surface area contributed by atoms with Gasteiger partial charge >= 0.3 is 0 Å². The summed E-state index contributed by atoms with van der Waals surface area (Å²) in [5, 5.41) is 20.5. The first-order valence-corrected chi connectivity index (χ1v) is 6.70. The second kappa shape index (κ2) is 6.12. The van der Waals surface area contributed by atoms with Crippen LogP contribution in [-0.2, 0) is 6.54 Å². The van der Waals surface area contributed by atoms with E-state index in [0.717, 1.165) is 31.5 Å². The molecule has 1 aliphatic rings. The lowest BCUT2D eigenvalue weighted by Crippen LogP contribution is -2.36. The van der Waals surface area contributed by atoms with Gasteiger partial charge in [-0.25, -0.2) is 0 Å². The van der Waals surface area contributed by atoms with Crippen LogP contribution in [0.1, 0.15) is 25.3 Å². The highest BCUT2D eigenvalue weighted by molar-refractivity contribution is 5.39. The molecule has 1 heterocycles. The van der Waals surface area contributed by atoms with E-state index in [4.69, 9.17) is 0 Å². The molecular weight excluding hydrogens is 244 g/mol. The lowest BCUT2D eigenvalue weighted by atomic mass is 9.92. The Hall–Kier alpha value is -1.46. The second-order valence-electron chi connectivity index (χ2n) is 5.24. The average molecular weight is 264 g/mol. The third kappa shape index (κ3) is 3.52. The normalized spacial score (nSPS) is 19.3. The molecule has 2 rings (SSSR count). The van der Waals surface area contributed by atoms with Crippen LogP contribution in [0.5, 0.6) is 0 Å². The molecule has 0 radical (unpaired) electrons. The average Bonchev–Trinajstić information content (AvgIpc) is 2.39. The van der Waals surface area contributed by atoms with Crippen LogP contribution in [0, 0.1) is 16.0 Å². The Kier molecular flexibility index (Phi) is 4.50. The first-order chi connectivity index (χ1) is 9.08. The lowest BCUT2D eigenvalue weighted by molar-refractivity contribution is -0.385. The fraction of sp³-hybridized carbons (Fsp3) is 0.571. The Balaban J connectivity index is 1.98. The molecule has 1 aliphatic heterocycles. The summed E-state index contributed by atoms with van der Waals surface area (Å²) >= 11 is 0. The van der Waals surface area contributed by atoms with Crippen molar-refractivity contribution in [3.63, 3.8) is 0 Å². The molecule has 1 fully saturated rings. The molecular formula is C14H20N2O3. The number of aliphatic hydroxyl groups excluding tert-OH is 1. The van der Waals surface area contributed by atoms with Crippen molar-refractivity contribution < 1.29 is 10.0 Å². The van der Waals surface area contributed by atoms with E-state index in [1.807, 2.05) is 19.1 Å². The summed E-state index contributed by atoms with van der Waals surface area (Å²) in [5.74, 6) is 0.363. The summed E-state index contributed by atoms with van der Waals surface area (Å²) in [6.45, 7) is 4.23. The Morgan fingerprint density at radius 3 is 2.63 bits per heavy atom. The van der Waals surface area contributed by atoms with E-state index in [1.165, 1.54) is 0 Å². The van der Waals surface area contributed by atoms with Crippen LogP contribution in [0.4, 0.5) is 5.69 Å². The van der Waals surface area contributed by atoms with E-state index in [-0.39, 0.29) is 16.7 Å². The van der Waals surface area contributed by atoms with Crippen LogP contribution < -0.4 is 0 Å². The van der Waals surface area contributed by atoms with Crippen LogP contribution >= 0.6 is 0 Å². The highest BCUT2D eigenvalue weighted by Gasteiger charge is 2.24. The predicted molar refractivity (Wildman–Crippen MR) is 72.8 cm³/mol. The van der Waals surface area contributed by atoms with Gasteiger partial charge in [-0.2, -0.15) is 0 Å². The van der Waals surface area contributed by atoms with Crippen LogP contribution in [0.2, 0.25) is 0 Å². The number of para-hydroxylation sites is 1. The molecule has 19 heavy (non-hydrogen) atoms. The summed E-state index contributed by atoms with van der Waals surface area (Å²) in [6.07, 6.45) is 1.66. The molecule has 5 heteroatoms. The number of likely N-dealkylation sites (tertiary alicyclic amines) is 1. The van der Waals surface area contributed by atoms with Crippen molar-refractivity contribution in [3.05, 3.63) is 39.9 Å². The van der Waals surface area contributed by atoms with Gasteiger partial charge in [0.25, 0.3) is 5.69 Å². The minimum atomic E-state index is -0.322. The molecule has 1 atom stereocenters. The number of piperidine rings is 1. The fourth-order valence-corrected chi connectivity index (χ4v) is 2.66. The monoisotopic (exact) mass is 264 g/mol. The maximum absolute atomic E-state index is 11.0. The fourth-order valence-electron chi connectivity index (χ4n) is 2.66. The quantitative estimate of drug-likeness (QED) is 0.668. The maximum Gasteiger partial charge on any atom is 0.273 e. The highest BCUT2D eigenvalue weighted by Crippen LogP contribution is 2.24. The third-order valence-corrected chi connectivity index (χ3v) is 3.90. The Morgan fingerprint density at radius 1 is 1.42 bits per heavy atom. The van der Waals surface area contributed by atoms with Crippen LogP contribution in [-0.4, -0.2) is 34.1 Å². The number of aliphatic hydroxyl groups is 1. The molecule has 1 N–H and O–H groups in total. The van der Waals surface area contributed by atoms with Gasteiger partial charge < -0.3 is 5.11 Å². The number of nitro benzene ring substituents is 1. The molecule has 104 valence electrons. The zero-order valence-electron chi connectivity index (χ0n) is 11.2. The molecule has 1 saturated heterocycles. The van der Waals surface area contributed by atoms with E-state index in [0.29, 0.717) is 12.5 Å². The Labute approximate surface area is 113 Å². The van der Waals surface area contributed by atoms with Crippen molar-refractivity contribution in [3.8, 4) is 0 Å². The Bertz CT molecular complexity index is 440. The van der Waals surface area contributed by atoms with Crippen molar-refractivity contribution >= 4 is 5.69 Å². The largest absolute Gasteiger partial charge is 0.393 e. The number of nitrogens with zero attached hydrogens (tertiary/aromatic N) is 2. The summed E-state index contributed by atoms with van der Waals surface area (Å²) in [6, 6.07) is 6.91. The number of hydrogen-bond donors (Lipinski definition) is 1. The predicted octanol–water partition coefficient (Wildman–Crippen LogP) is 2.19. The number of rotatable bonds is 4. The van der Waals surface area contributed by atoms with Gasteiger partial charge in [-0.15, -0.1) is 0 Å². The van der Waals surface area contributed by atoms with Crippen molar-refractivity contribution in [2.24, 2.45) is 5.92 Å². The van der Waals surface area contributed by atoms with Gasteiger partial charge in [-0.3, -0.25) is 15.0 Å². The van der Waals surface area contributed by atoms with Gasteiger partial charge in [0, 0.05) is 18.2 Å². The SMILES string of the molecule is CC(O)C1CCN(Cc2ccccc2[N+](=O)[O-])CC1. The van der Waals surface area contributed by atoms with Gasteiger partial charge in [0.1, 0.15) is 0 Å². The molecule has 0 aliphatic carbocycles. The van der Waals surface area contributed by atoms with Crippen molar-refractivity contribution in [2.45, 2.75) is 32.4 Å². The van der Waals surface area contributed by atoms with Gasteiger partial charge in [0.15, 0.2) is 0 Å². The maximum atomic E-state index is 11.0. The third-order valence-electron chi connectivity index (χ3n) is 3.90. The summed E-state index contributed by atoms with van der Waals surface area (Å²) in [7, 11) is 0. The molecule has 0 bridgehead atoms. The van der Waals surface area contributed by atoms with Gasteiger partial charge in [0.05, 0.1) is 11.0 Å². The van der Waals surface area contributed by atoms with Crippen molar-refractivity contribution in [2.75, 3.05) is 13.1 Å². The van der Waals surface area contributed by atoms with Gasteiger partial charge in [0.2, 0.25) is 0 Å². The number of hydrogen-bond acceptors (Lipinski definition) is 4. The minimum Gasteiger partial charge on any atom is -0.393 e. The highest BCUT2D eigenvalue weighted by atomic mass is 16.6. The van der Waals surface area contributed by atoms with Crippen LogP contribution in [0.3, 0.4) is 0 Å². The van der Waals surface area contributed by atoms with E-state index in [2.05, 4.69) is 4.90 Å². The van der Waals surface area contributed by atoms with Gasteiger partial charge in [-0.1, -0.05) is 18.2 Å². The van der Waals surface area contributed by atoms with Crippen LogP contribution in [0.15, 0.2) is 24.3 Å². The standard InChI is InChI=1S/C14H20N2O3/c1-11(17)12-6-8-15(9-7-12)10-13-4-2-3-5-14(13)16(18)19/h2-5,11-12,17H,6-10H2,1H3. The molecule has 1 unspecified atom stereocenters. The van der Waals surface area contributed by atoms with E-state index in [1.54, 1.807) is 12.1 Å². The topological polar surface area (TPSA) is 66.6 Å². The van der Waals surface area contributed by atoms with Crippen molar-refractivity contribution in [1.82, 2.24) is 4.90 Å².